The summed E-state index contributed by atoms with van der Waals surface area (Å²) in [6, 6.07) is 1.84. The van der Waals surface area contributed by atoms with E-state index in [1.165, 1.54) is 0 Å². The summed E-state index contributed by atoms with van der Waals surface area (Å²) in [6.07, 6.45) is 0.726. The van der Waals surface area contributed by atoms with Crippen molar-refractivity contribution in [3.8, 4) is 0 Å². The van der Waals surface area contributed by atoms with Gasteiger partial charge in [-0.05, 0) is 26.0 Å². The molecule has 1 heterocycles. The molecule has 0 atom stereocenters. The molecule has 0 unspecified atom stereocenters. The number of nitrogens with one attached hydrogen (secondary N) is 1. The van der Waals surface area contributed by atoms with E-state index < -0.39 is 5.91 Å². The number of aliphatic hydroxyl groups excluding tert-OH is 1. The van der Waals surface area contributed by atoms with Crippen LogP contribution in [-0.2, 0) is 6.54 Å². The molecular weight excluding hydrogens is 234 g/mol. The standard InChI is InChI=1S/C12H21N3O3/c1-3-15(5-4-6-16)8-10-7-9(2)11(18-10)12(17)14-13/h7,16H,3-6,8,13H2,1-2H3,(H,14,17). The van der Waals surface area contributed by atoms with Crippen LogP contribution >= 0.6 is 0 Å². The van der Waals surface area contributed by atoms with Crippen molar-refractivity contribution < 1.29 is 14.3 Å². The van der Waals surface area contributed by atoms with E-state index in [0.717, 1.165) is 30.8 Å². The van der Waals surface area contributed by atoms with E-state index in [1.54, 1.807) is 0 Å². The van der Waals surface area contributed by atoms with Gasteiger partial charge in [-0.25, -0.2) is 5.84 Å². The molecule has 0 radical (unpaired) electrons. The predicted octanol–water partition coefficient (Wildman–Crippen LogP) is 0.396. The second kappa shape index (κ2) is 7.15. The van der Waals surface area contributed by atoms with Crippen LogP contribution in [0.4, 0.5) is 0 Å². The molecule has 1 aromatic heterocycles. The summed E-state index contributed by atoms with van der Waals surface area (Å²) < 4.78 is 5.48. The molecule has 0 fully saturated rings. The van der Waals surface area contributed by atoms with Crippen molar-refractivity contribution in [2.45, 2.75) is 26.8 Å². The molecule has 0 aliphatic rings. The molecule has 1 rings (SSSR count). The molecule has 6 nitrogen and oxygen atoms in total. The topological polar surface area (TPSA) is 91.7 Å². The summed E-state index contributed by atoms with van der Waals surface area (Å²) >= 11 is 0. The second-order valence-corrected chi connectivity index (χ2v) is 4.14. The number of aliphatic hydroxyl groups is 1. The molecule has 0 bridgehead atoms. The van der Waals surface area contributed by atoms with E-state index in [-0.39, 0.29) is 12.4 Å². The Hall–Kier alpha value is -1.37. The van der Waals surface area contributed by atoms with Gasteiger partial charge in [0.15, 0.2) is 5.76 Å². The van der Waals surface area contributed by atoms with E-state index in [9.17, 15) is 4.79 Å². The van der Waals surface area contributed by atoms with Crippen LogP contribution in [0.1, 0.15) is 35.2 Å². The van der Waals surface area contributed by atoms with Crippen molar-refractivity contribution in [3.05, 3.63) is 23.2 Å². The SMILES string of the molecule is CCN(CCCO)Cc1cc(C)c(C(=O)NN)o1. The zero-order valence-electron chi connectivity index (χ0n) is 10.9. The molecule has 0 saturated heterocycles. The van der Waals surface area contributed by atoms with Gasteiger partial charge in [-0.3, -0.25) is 15.1 Å². The van der Waals surface area contributed by atoms with Crippen molar-refractivity contribution in [1.82, 2.24) is 10.3 Å². The Balaban J connectivity index is 2.69. The van der Waals surface area contributed by atoms with Crippen LogP contribution in [0.15, 0.2) is 10.5 Å². The van der Waals surface area contributed by atoms with Gasteiger partial charge in [0.05, 0.1) is 6.54 Å². The summed E-state index contributed by atoms with van der Waals surface area (Å²) in [5, 5.41) is 8.81. The number of carbonyl (C=O) groups excluding carboxylic acids is 1. The summed E-state index contributed by atoms with van der Waals surface area (Å²) in [5.41, 5.74) is 2.83. The smallest absolute Gasteiger partial charge is 0.301 e. The number of furan rings is 1. The van der Waals surface area contributed by atoms with Crippen LogP contribution in [0.2, 0.25) is 0 Å². The minimum atomic E-state index is -0.419. The highest BCUT2D eigenvalue weighted by atomic mass is 16.4. The van der Waals surface area contributed by atoms with Gasteiger partial charge in [0.2, 0.25) is 0 Å². The van der Waals surface area contributed by atoms with Crippen LogP contribution in [0, 0.1) is 6.92 Å². The maximum atomic E-state index is 11.4. The number of hydrogen-bond acceptors (Lipinski definition) is 5. The lowest BCUT2D eigenvalue weighted by Crippen LogP contribution is -2.30. The maximum Gasteiger partial charge on any atom is 0.301 e. The van der Waals surface area contributed by atoms with Gasteiger partial charge in [-0.2, -0.15) is 0 Å². The number of nitrogens with two attached hydrogens (primary N) is 1. The Kier molecular flexibility index (Phi) is 5.84. The Labute approximate surface area is 107 Å². The van der Waals surface area contributed by atoms with Crippen molar-refractivity contribution in [2.75, 3.05) is 19.7 Å². The Morgan fingerprint density at radius 2 is 2.33 bits per heavy atom. The van der Waals surface area contributed by atoms with Gasteiger partial charge in [-0.15, -0.1) is 0 Å². The molecule has 4 N–H and O–H groups in total. The Morgan fingerprint density at radius 3 is 2.89 bits per heavy atom. The highest BCUT2D eigenvalue weighted by Gasteiger charge is 2.15. The average molecular weight is 255 g/mol. The molecule has 1 amide bonds. The second-order valence-electron chi connectivity index (χ2n) is 4.14. The van der Waals surface area contributed by atoms with Crippen molar-refractivity contribution in [3.63, 3.8) is 0 Å². The number of hydrazine groups is 1. The first-order valence-corrected chi connectivity index (χ1v) is 6.05. The van der Waals surface area contributed by atoms with Crippen LogP contribution in [-0.4, -0.2) is 35.6 Å². The minimum Gasteiger partial charge on any atom is -0.454 e. The van der Waals surface area contributed by atoms with Crippen molar-refractivity contribution in [2.24, 2.45) is 5.84 Å². The fourth-order valence-electron chi connectivity index (χ4n) is 1.78. The number of nitrogens with zero attached hydrogens (tertiary/aromatic N) is 1. The maximum absolute atomic E-state index is 11.4. The number of nitrogen functional groups attached to an aromatic ring is 1. The van der Waals surface area contributed by atoms with Crippen LogP contribution in [0.5, 0.6) is 0 Å². The molecule has 0 aromatic carbocycles. The molecule has 18 heavy (non-hydrogen) atoms. The van der Waals surface area contributed by atoms with Crippen LogP contribution in [0.25, 0.3) is 0 Å². The zero-order chi connectivity index (χ0) is 13.5. The van der Waals surface area contributed by atoms with Gasteiger partial charge < -0.3 is 9.52 Å². The lowest BCUT2D eigenvalue weighted by Gasteiger charge is -2.18. The van der Waals surface area contributed by atoms with Gasteiger partial charge >= 0.3 is 5.91 Å². The van der Waals surface area contributed by atoms with E-state index in [1.807, 2.05) is 19.9 Å². The molecule has 6 heteroatoms. The highest BCUT2D eigenvalue weighted by Crippen LogP contribution is 2.16. The van der Waals surface area contributed by atoms with Crippen LogP contribution in [0.3, 0.4) is 0 Å². The van der Waals surface area contributed by atoms with E-state index >= 15 is 0 Å². The monoisotopic (exact) mass is 255 g/mol. The Morgan fingerprint density at radius 1 is 1.61 bits per heavy atom. The predicted molar refractivity (Wildman–Crippen MR) is 67.8 cm³/mol. The summed E-state index contributed by atoms with van der Waals surface area (Å²) in [7, 11) is 0. The largest absolute Gasteiger partial charge is 0.454 e. The number of amides is 1. The molecule has 0 spiro atoms. The number of hydrogen-bond donors (Lipinski definition) is 3. The molecule has 0 aliphatic carbocycles. The lowest BCUT2D eigenvalue weighted by molar-refractivity contribution is 0.0921. The average Bonchev–Trinajstić information content (AvgIpc) is 2.74. The molecule has 1 aromatic rings. The first kappa shape index (κ1) is 14.7. The van der Waals surface area contributed by atoms with E-state index in [4.69, 9.17) is 15.4 Å². The fraction of sp³-hybridized carbons (Fsp3) is 0.583. The first-order valence-electron chi connectivity index (χ1n) is 6.05. The quantitative estimate of drug-likeness (QED) is 0.372. The minimum absolute atomic E-state index is 0.175. The third-order valence-electron chi connectivity index (χ3n) is 2.77. The summed E-state index contributed by atoms with van der Waals surface area (Å²) in [4.78, 5) is 13.5. The molecular formula is C12H21N3O3. The number of rotatable bonds is 7. The van der Waals surface area contributed by atoms with Gasteiger partial charge in [0.25, 0.3) is 0 Å². The third kappa shape index (κ3) is 3.83. The van der Waals surface area contributed by atoms with Gasteiger partial charge in [0, 0.05) is 18.7 Å². The number of carbonyl (C=O) groups is 1. The summed E-state index contributed by atoms with van der Waals surface area (Å²) in [6.45, 7) is 6.30. The molecule has 0 saturated carbocycles. The van der Waals surface area contributed by atoms with Crippen LogP contribution < -0.4 is 11.3 Å². The van der Waals surface area contributed by atoms with Crippen molar-refractivity contribution in [1.29, 1.82) is 0 Å². The van der Waals surface area contributed by atoms with E-state index in [0.29, 0.717) is 6.54 Å². The Bertz CT molecular complexity index is 390. The summed E-state index contributed by atoms with van der Waals surface area (Å²) in [5.74, 6) is 5.64. The first-order chi connectivity index (χ1) is 8.62. The lowest BCUT2D eigenvalue weighted by atomic mass is 10.2. The number of aryl methyl sites for hydroxylation is 1. The van der Waals surface area contributed by atoms with Gasteiger partial charge in [-0.1, -0.05) is 6.92 Å². The van der Waals surface area contributed by atoms with Crippen molar-refractivity contribution >= 4 is 5.91 Å². The normalized spacial score (nSPS) is 10.9. The molecule has 0 aliphatic heterocycles. The highest BCUT2D eigenvalue weighted by molar-refractivity contribution is 5.92. The zero-order valence-corrected chi connectivity index (χ0v) is 10.9. The van der Waals surface area contributed by atoms with Gasteiger partial charge in [0.1, 0.15) is 5.76 Å². The molecule has 102 valence electrons. The fourth-order valence-corrected chi connectivity index (χ4v) is 1.78. The van der Waals surface area contributed by atoms with E-state index in [2.05, 4.69) is 10.3 Å². The third-order valence-corrected chi connectivity index (χ3v) is 2.77.